The normalized spacial score (nSPS) is 26.0. The minimum atomic E-state index is -0.287. The Morgan fingerprint density at radius 2 is 2.40 bits per heavy atom. The van der Waals surface area contributed by atoms with E-state index in [0.717, 1.165) is 6.42 Å². The van der Waals surface area contributed by atoms with Crippen molar-refractivity contribution in [2.45, 2.75) is 39.1 Å². The number of hydrogen-bond donors (Lipinski definition) is 0. The van der Waals surface area contributed by atoms with Gasteiger partial charge in [0.2, 0.25) is 0 Å². The van der Waals surface area contributed by atoms with Crippen LogP contribution in [0.4, 0.5) is 0 Å². The predicted octanol–water partition coefficient (Wildman–Crippen LogP) is 1.65. The molecule has 1 saturated heterocycles. The van der Waals surface area contributed by atoms with Crippen LogP contribution in [0.3, 0.4) is 0 Å². The lowest BCUT2D eigenvalue weighted by Gasteiger charge is -2.09. The third-order valence-electron chi connectivity index (χ3n) is 2.01. The second kappa shape index (κ2) is 6.58. The van der Waals surface area contributed by atoms with Crippen molar-refractivity contribution in [3.05, 3.63) is 12.2 Å². The van der Waals surface area contributed by atoms with Gasteiger partial charge in [0.05, 0.1) is 6.61 Å². The molecular formula is C11H18O4. The van der Waals surface area contributed by atoms with E-state index in [2.05, 4.69) is 0 Å². The largest absolute Gasteiger partial charge is 0.463 e. The van der Waals surface area contributed by atoms with Crippen LogP contribution in [-0.4, -0.2) is 31.6 Å². The first kappa shape index (κ1) is 12.2. The molecule has 2 unspecified atom stereocenters. The highest BCUT2D eigenvalue weighted by molar-refractivity contribution is 5.69. The second-order valence-electron chi connectivity index (χ2n) is 3.42. The summed E-state index contributed by atoms with van der Waals surface area (Å²) in [4.78, 5) is 11.1. The Balaban J connectivity index is 2.16. The molecule has 0 aromatic heterocycles. The van der Waals surface area contributed by atoms with E-state index in [1.54, 1.807) is 0 Å². The van der Waals surface area contributed by atoms with Crippen LogP contribution in [0.1, 0.15) is 26.7 Å². The number of carbonyl (C=O) groups excluding carboxylic acids is 1. The Morgan fingerprint density at radius 1 is 1.60 bits per heavy atom. The van der Waals surface area contributed by atoms with Crippen molar-refractivity contribution in [1.29, 1.82) is 0 Å². The zero-order valence-corrected chi connectivity index (χ0v) is 9.27. The Labute approximate surface area is 90.2 Å². The quantitative estimate of drug-likeness (QED) is 0.515. The Bertz CT molecular complexity index is 225. The van der Waals surface area contributed by atoms with E-state index in [4.69, 9.17) is 14.2 Å². The van der Waals surface area contributed by atoms with Gasteiger partial charge in [0.25, 0.3) is 0 Å². The van der Waals surface area contributed by atoms with E-state index in [9.17, 15) is 4.79 Å². The average Bonchev–Trinajstić information content (AvgIpc) is 2.64. The van der Waals surface area contributed by atoms with E-state index in [0.29, 0.717) is 13.0 Å². The predicted molar refractivity (Wildman–Crippen MR) is 55.3 cm³/mol. The lowest BCUT2D eigenvalue weighted by atomic mass is 10.3. The zero-order chi connectivity index (χ0) is 11.1. The SMILES string of the molecule is CC=CC1OCC(COC(=O)CCC)O1. The van der Waals surface area contributed by atoms with E-state index < -0.39 is 0 Å². The van der Waals surface area contributed by atoms with Crippen LogP contribution in [-0.2, 0) is 19.0 Å². The molecule has 4 nitrogen and oxygen atoms in total. The molecular weight excluding hydrogens is 196 g/mol. The van der Waals surface area contributed by atoms with Crippen LogP contribution in [0.5, 0.6) is 0 Å². The first-order chi connectivity index (χ1) is 7.26. The Hall–Kier alpha value is -0.870. The summed E-state index contributed by atoms with van der Waals surface area (Å²) in [6.45, 7) is 4.61. The Kier molecular flexibility index (Phi) is 5.36. The molecule has 0 aromatic rings. The van der Waals surface area contributed by atoms with Crippen molar-refractivity contribution < 1.29 is 19.0 Å². The fraction of sp³-hybridized carbons (Fsp3) is 0.727. The first-order valence-electron chi connectivity index (χ1n) is 5.31. The third kappa shape index (κ3) is 4.44. The van der Waals surface area contributed by atoms with Crippen LogP contribution in [0, 0.1) is 0 Å². The van der Waals surface area contributed by atoms with Gasteiger partial charge < -0.3 is 14.2 Å². The summed E-state index contributed by atoms with van der Waals surface area (Å²) in [5.41, 5.74) is 0. The minimum absolute atomic E-state index is 0.132. The van der Waals surface area contributed by atoms with Crippen LogP contribution in [0.25, 0.3) is 0 Å². The molecule has 1 fully saturated rings. The van der Waals surface area contributed by atoms with Gasteiger partial charge in [-0.2, -0.15) is 0 Å². The molecule has 1 rings (SSSR count). The van der Waals surface area contributed by atoms with Gasteiger partial charge in [0, 0.05) is 6.42 Å². The maximum atomic E-state index is 11.1. The molecule has 0 aliphatic carbocycles. The van der Waals surface area contributed by atoms with Gasteiger partial charge in [-0.25, -0.2) is 0 Å². The molecule has 0 saturated carbocycles. The van der Waals surface area contributed by atoms with Crippen molar-refractivity contribution in [2.75, 3.05) is 13.2 Å². The average molecular weight is 214 g/mol. The molecule has 0 bridgehead atoms. The smallest absolute Gasteiger partial charge is 0.305 e. The van der Waals surface area contributed by atoms with Crippen LogP contribution < -0.4 is 0 Å². The summed E-state index contributed by atoms with van der Waals surface area (Å²) >= 11 is 0. The van der Waals surface area contributed by atoms with E-state index in [-0.39, 0.29) is 25.0 Å². The van der Waals surface area contributed by atoms with Crippen LogP contribution >= 0.6 is 0 Å². The molecule has 0 N–H and O–H groups in total. The summed E-state index contributed by atoms with van der Waals surface area (Å²) < 4.78 is 15.8. The molecule has 0 radical (unpaired) electrons. The fourth-order valence-electron chi connectivity index (χ4n) is 1.28. The number of esters is 1. The molecule has 1 aliphatic rings. The molecule has 0 spiro atoms. The molecule has 1 aliphatic heterocycles. The monoisotopic (exact) mass is 214 g/mol. The summed E-state index contributed by atoms with van der Waals surface area (Å²) in [6, 6.07) is 0. The molecule has 86 valence electrons. The standard InChI is InChI=1S/C11H18O4/c1-3-5-10(12)13-7-9-8-14-11(15-9)6-4-2/h4,6,9,11H,3,5,7-8H2,1-2H3. The van der Waals surface area contributed by atoms with Gasteiger partial charge in [-0.15, -0.1) is 0 Å². The number of allylic oxidation sites excluding steroid dienone is 1. The number of carbonyl (C=O) groups is 1. The van der Waals surface area contributed by atoms with Crippen molar-refractivity contribution in [3.8, 4) is 0 Å². The summed E-state index contributed by atoms with van der Waals surface area (Å²) in [7, 11) is 0. The minimum Gasteiger partial charge on any atom is -0.463 e. The highest BCUT2D eigenvalue weighted by Gasteiger charge is 2.24. The van der Waals surface area contributed by atoms with Gasteiger partial charge >= 0.3 is 5.97 Å². The highest BCUT2D eigenvalue weighted by atomic mass is 16.7. The second-order valence-corrected chi connectivity index (χ2v) is 3.42. The maximum absolute atomic E-state index is 11.1. The van der Waals surface area contributed by atoms with Gasteiger partial charge in [-0.1, -0.05) is 13.0 Å². The Morgan fingerprint density at radius 3 is 3.07 bits per heavy atom. The fourth-order valence-corrected chi connectivity index (χ4v) is 1.28. The highest BCUT2D eigenvalue weighted by Crippen LogP contribution is 2.13. The molecule has 4 heteroatoms. The topological polar surface area (TPSA) is 44.8 Å². The summed E-state index contributed by atoms with van der Waals surface area (Å²) in [6.07, 6.45) is 4.55. The van der Waals surface area contributed by atoms with Crippen molar-refractivity contribution in [2.24, 2.45) is 0 Å². The van der Waals surface area contributed by atoms with Gasteiger partial charge in [0.1, 0.15) is 12.7 Å². The number of hydrogen-bond acceptors (Lipinski definition) is 4. The van der Waals surface area contributed by atoms with E-state index in [1.165, 1.54) is 0 Å². The van der Waals surface area contributed by atoms with E-state index >= 15 is 0 Å². The number of rotatable bonds is 5. The lowest BCUT2D eigenvalue weighted by Crippen LogP contribution is -2.21. The molecule has 1 heterocycles. The maximum Gasteiger partial charge on any atom is 0.305 e. The van der Waals surface area contributed by atoms with Gasteiger partial charge in [-0.3, -0.25) is 4.79 Å². The zero-order valence-electron chi connectivity index (χ0n) is 9.27. The first-order valence-corrected chi connectivity index (χ1v) is 5.31. The molecule has 0 amide bonds. The lowest BCUT2D eigenvalue weighted by molar-refractivity contribution is -0.147. The molecule has 15 heavy (non-hydrogen) atoms. The molecule has 0 aromatic carbocycles. The van der Waals surface area contributed by atoms with Crippen molar-refractivity contribution >= 4 is 5.97 Å². The van der Waals surface area contributed by atoms with E-state index in [1.807, 2.05) is 26.0 Å². The van der Waals surface area contributed by atoms with Gasteiger partial charge in [-0.05, 0) is 19.4 Å². The van der Waals surface area contributed by atoms with Crippen LogP contribution in [0.15, 0.2) is 12.2 Å². The summed E-state index contributed by atoms with van der Waals surface area (Å²) in [5, 5.41) is 0. The summed E-state index contributed by atoms with van der Waals surface area (Å²) in [5.74, 6) is -0.171. The molecule has 2 atom stereocenters. The van der Waals surface area contributed by atoms with Crippen molar-refractivity contribution in [1.82, 2.24) is 0 Å². The van der Waals surface area contributed by atoms with Crippen molar-refractivity contribution in [3.63, 3.8) is 0 Å². The van der Waals surface area contributed by atoms with Gasteiger partial charge in [0.15, 0.2) is 6.29 Å². The third-order valence-corrected chi connectivity index (χ3v) is 2.01. The number of ether oxygens (including phenoxy) is 3. The van der Waals surface area contributed by atoms with Crippen LogP contribution in [0.2, 0.25) is 0 Å².